The van der Waals surface area contributed by atoms with Gasteiger partial charge in [0.25, 0.3) is 5.91 Å². The zero-order chi connectivity index (χ0) is 19.2. The molecule has 0 N–H and O–H groups in total. The van der Waals surface area contributed by atoms with Crippen molar-refractivity contribution in [1.29, 1.82) is 0 Å². The highest BCUT2D eigenvalue weighted by molar-refractivity contribution is 6.32. The molecule has 0 saturated heterocycles. The Morgan fingerprint density at radius 3 is 2.33 bits per heavy atom. The van der Waals surface area contributed by atoms with Crippen molar-refractivity contribution in [3.05, 3.63) is 88.9 Å². The van der Waals surface area contributed by atoms with Crippen molar-refractivity contribution >= 4 is 17.5 Å². The van der Waals surface area contributed by atoms with Crippen LogP contribution in [0.25, 0.3) is 11.1 Å². The minimum atomic E-state index is -0.0984. The number of benzene rings is 3. The van der Waals surface area contributed by atoms with E-state index in [1.54, 1.807) is 18.0 Å². The Kier molecular flexibility index (Phi) is 6.15. The molecule has 0 fully saturated rings. The van der Waals surface area contributed by atoms with Crippen molar-refractivity contribution in [3.8, 4) is 16.9 Å². The average Bonchev–Trinajstić information content (AvgIpc) is 2.69. The fraction of sp³-hybridized carbons (Fsp3) is 0.174. The molecule has 0 bridgehead atoms. The zero-order valence-corrected chi connectivity index (χ0v) is 16.2. The van der Waals surface area contributed by atoms with Crippen LogP contribution in [0.4, 0.5) is 0 Å². The molecule has 3 aromatic carbocycles. The monoisotopic (exact) mass is 379 g/mol. The fourth-order valence-corrected chi connectivity index (χ4v) is 2.97. The van der Waals surface area contributed by atoms with E-state index in [1.807, 2.05) is 73.7 Å². The maximum Gasteiger partial charge on any atom is 0.260 e. The van der Waals surface area contributed by atoms with Gasteiger partial charge < -0.3 is 9.64 Å². The van der Waals surface area contributed by atoms with Crippen molar-refractivity contribution < 1.29 is 9.53 Å². The van der Waals surface area contributed by atoms with Gasteiger partial charge in [0.05, 0.1) is 5.02 Å². The summed E-state index contributed by atoms with van der Waals surface area (Å²) < 4.78 is 5.64. The maximum absolute atomic E-state index is 12.3. The highest BCUT2D eigenvalue weighted by atomic mass is 35.5. The van der Waals surface area contributed by atoms with Gasteiger partial charge in [-0.2, -0.15) is 0 Å². The van der Waals surface area contributed by atoms with Crippen LogP contribution in [0, 0.1) is 6.92 Å². The summed E-state index contributed by atoms with van der Waals surface area (Å²) in [6.07, 6.45) is 0. The van der Waals surface area contributed by atoms with Crippen molar-refractivity contribution in [2.45, 2.75) is 13.5 Å². The van der Waals surface area contributed by atoms with Crippen LogP contribution in [0.3, 0.4) is 0 Å². The first-order chi connectivity index (χ1) is 13.0. The summed E-state index contributed by atoms with van der Waals surface area (Å²) in [6, 6.07) is 23.7. The number of halogens is 1. The van der Waals surface area contributed by atoms with E-state index in [2.05, 4.69) is 0 Å². The van der Waals surface area contributed by atoms with Gasteiger partial charge in [0.15, 0.2) is 6.61 Å². The third-order valence-electron chi connectivity index (χ3n) is 4.36. The smallest absolute Gasteiger partial charge is 0.260 e. The van der Waals surface area contributed by atoms with Gasteiger partial charge in [-0.3, -0.25) is 4.79 Å². The lowest BCUT2D eigenvalue weighted by molar-refractivity contribution is -0.132. The van der Waals surface area contributed by atoms with Gasteiger partial charge in [-0.05, 0) is 35.7 Å². The number of nitrogens with zero attached hydrogens (tertiary/aromatic N) is 1. The minimum absolute atomic E-state index is 0.0488. The summed E-state index contributed by atoms with van der Waals surface area (Å²) in [6.45, 7) is 2.54. The molecule has 1 amide bonds. The Morgan fingerprint density at radius 2 is 1.67 bits per heavy atom. The lowest BCUT2D eigenvalue weighted by atomic mass is 10.1. The zero-order valence-electron chi connectivity index (χ0n) is 15.5. The molecule has 4 heteroatoms. The maximum atomic E-state index is 12.3. The third kappa shape index (κ3) is 5.11. The standard InChI is InChI=1S/C23H22ClNO2/c1-17-8-10-18(11-9-17)15-25(2)23(26)16-27-22-13-12-20(14-21(22)24)19-6-4-3-5-7-19/h3-14H,15-16H2,1-2H3. The molecule has 0 heterocycles. The fourth-order valence-electron chi connectivity index (χ4n) is 2.73. The van der Waals surface area contributed by atoms with Gasteiger partial charge in [-0.15, -0.1) is 0 Å². The number of ether oxygens (including phenoxy) is 1. The summed E-state index contributed by atoms with van der Waals surface area (Å²) >= 11 is 6.34. The van der Waals surface area contributed by atoms with Crippen molar-refractivity contribution in [2.75, 3.05) is 13.7 Å². The molecule has 0 aliphatic heterocycles. The molecule has 0 spiro atoms. The first-order valence-corrected chi connectivity index (χ1v) is 9.18. The second kappa shape index (κ2) is 8.74. The Labute approximate surface area is 165 Å². The van der Waals surface area contributed by atoms with Crippen molar-refractivity contribution in [3.63, 3.8) is 0 Å². The van der Waals surface area contributed by atoms with Crippen LogP contribution in [0.5, 0.6) is 5.75 Å². The average molecular weight is 380 g/mol. The molecule has 0 aliphatic rings. The molecule has 0 aromatic heterocycles. The van der Waals surface area contributed by atoms with E-state index in [9.17, 15) is 4.79 Å². The van der Waals surface area contributed by atoms with E-state index < -0.39 is 0 Å². The number of aryl methyl sites for hydroxylation is 1. The first-order valence-electron chi connectivity index (χ1n) is 8.80. The Balaban J connectivity index is 1.59. The number of rotatable bonds is 6. The second-order valence-electron chi connectivity index (χ2n) is 6.54. The summed E-state index contributed by atoms with van der Waals surface area (Å²) in [5, 5.41) is 0.491. The minimum Gasteiger partial charge on any atom is -0.482 e. The molecule has 0 aliphatic carbocycles. The molecule has 0 unspecified atom stereocenters. The molecule has 3 nitrogen and oxygen atoms in total. The van der Waals surface area contributed by atoms with E-state index >= 15 is 0 Å². The number of carbonyl (C=O) groups is 1. The SMILES string of the molecule is Cc1ccc(CN(C)C(=O)COc2ccc(-c3ccccc3)cc2Cl)cc1. The van der Waals surface area contributed by atoms with Gasteiger partial charge in [0.1, 0.15) is 5.75 Å². The van der Waals surface area contributed by atoms with E-state index in [1.165, 1.54) is 5.56 Å². The summed E-state index contributed by atoms with van der Waals surface area (Å²) in [5.74, 6) is 0.409. The van der Waals surface area contributed by atoms with E-state index in [0.717, 1.165) is 16.7 Å². The summed E-state index contributed by atoms with van der Waals surface area (Å²) in [4.78, 5) is 14.0. The predicted molar refractivity (Wildman–Crippen MR) is 110 cm³/mol. The van der Waals surface area contributed by atoms with Gasteiger partial charge in [-0.25, -0.2) is 0 Å². The highest BCUT2D eigenvalue weighted by Crippen LogP contribution is 2.30. The lowest BCUT2D eigenvalue weighted by Gasteiger charge is -2.18. The molecular weight excluding hydrogens is 358 g/mol. The van der Waals surface area contributed by atoms with Gasteiger partial charge >= 0.3 is 0 Å². The molecule has 138 valence electrons. The molecule has 3 rings (SSSR count). The Morgan fingerprint density at radius 1 is 0.963 bits per heavy atom. The Bertz CT molecular complexity index is 907. The quantitative estimate of drug-likeness (QED) is 0.577. The van der Waals surface area contributed by atoms with E-state index in [-0.39, 0.29) is 12.5 Å². The van der Waals surface area contributed by atoms with E-state index in [4.69, 9.17) is 16.3 Å². The van der Waals surface area contributed by atoms with Crippen LogP contribution in [-0.2, 0) is 11.3 Å². The van der Waals surface area contributed by atoms with Crippen LogP contribution in [0.2, 0.25) is 5.02 Å². The first kappa shape index (κ1) is 19.0. The number of hydrogen-bond donors (Lipinski definition) is 0. The largest absolute Gasteiger partial charge is 0.482 e. The number of hydrogen-bond acceptors (Lipinski definition) is 2. The van der Waals surface area contributed by atoms with Crippen LogP contribution < -0.4 is 4.74 Å². The highest BCUT2D eigenvalue weighted by Gasteiger charge is 2.12. The predicted octanol–water partition coefficient (Wildman–Crippen LogP) is 5.35. The molecular formula is C23H22ClNO2. The number of likely N-dealkylation sites (N-methyl/N-ethyl adjacent to an activating group) is 1. The van der Waals surface area contributed by atoms with Crippen molar-refractivity contribution in [1.82, 2.24) is 4.90 Å². The normalized spacial score (nSPS) is 10.5. The molecule has 0 saturated carbocycles. The van der Waals surface area contributed by atoms with Crippen LogP contribution in [0.1, 0.15) is 11.1 Å². The molecule has 27 heavy (non-hydrogen) atoms. The lowest BCUT2D eigenvalue weighted by Crippen LogP contribution is -2.31. The molecule has 0 atom stereocenters. The Hall–Kier alpha value is -2.78. The van der Waals surface area contributed by atoms with E-state index in [0.29, 0.717) is 17.3 Å². The molecule has 3 aromatic rings. The van der Waals surface area contributed by atoms with Crippen LogP contribution in [-0.4, -0.2) is 24.5 Å². The number of amides is 1. The summed E-state index contributed by atoms with van der Waals surface area (Å²) in [7, 11) is 1.77. The second-order valence-corrected chi connectivity index (χ2v) is 6.94. The third-order valence-corrected chi connectivity index (χ3v) is 4.65. The van der Waals surface area contributed by atoms with Gasteiger partial charge in [0.2, 0.25) is 0 Å². The summed E-state index contributed by atoms with van der Waals surface area (Å²) in [5.41, 5.74) is 4.38. The van der Waals surface area contributed by atoms with Crippen LogP contribution in [0.15, 0.2) is 72.8 Å². The van der Waals surface area contributed by atoms with Gasteiger partial charge in [-0.1, -0.05) is 77.8 Å². The number of carbonyl (C=O) groups excluding carboxylic acids is 1. The topological polar surface area (TPSA) is 29.5 Å². The molecule has 0 radical (unpaired) electrons. The van der Waals surface area contributed by atoms with Gasteiger partial charge in [0, 0.05) is 13.6 Å². The van der Waals surface area contributed by atoms with Crippen molar-refractivity contribution in [2.24, 2.45) is 0 Å². The van der Waals surface area contributed by atoms with Crippen LogP contribution >= 0.6 is 11.6 Å².